The maximum Gasteiger partial charge on any atom is 0.257 e. The van der Waals surface area contributed by atoms with E-state index < -0.39 is 0 Å². The zero-order valence-electron chi connectivity index (χ0n) is 13.3. The molecule has 0 unspecified atom stereocenters. The molecule has 0 aliphatic carbocycles. The second-order valence-electron chi connectivity index (χ2n) is 5.66. The normalized spacial score (nSPS) is 14.9. The van der Waals surface area contributed by atoms with Crippen molar-refractivity contribution in [2.45, 2.75) is 33.1 Å². The van der Waals surface area contributed by atoms with Crippen molar-refractivity contribution in [1.29, 1.82) is 0 Å². The van der Waals surface area contributed by atoms with E-state index in [1.807, 2.05) is 26.0 Å². The monoisotopic (exact) mass is 329 g/mol. The van der Waals surface area contributed by atoms with Crippen LogP contribution in [0.2, 0.25) is 0 Å². The number of rotatable bonds is 3. The third kappa shape index (κ3) is 3.42. The number of hydrogen-bond acceptors (Lipinski definition) is 4. The van der Waals surface area contributed by atoms with Crippen LogP contribution in [-0.4, -0.2) is 23.3 Å². The number of benzene rings is 1. The quantitative estimate of drug-likeness (QED) is 0.937. The van der Waals surface area contributed by atoms with Gasteiger partial charge < -0.3 is 4.90 Å². The molecule has 0 radical (unpaired) electrons. The van der Waals surface area contributed by atoms with Gasteiger partial charge in [-0.2, -0.15) is 0 Å². The van der Waals surface area contributed by atoms with Gasteiger partial charge in [-0.05, 0) is 51.0 Å². The maximum atomic E-state index is 12.3. The molecule has 23 heavy (non-hydrogen) atoms. The van der Waals surface area contributed by atoms with Gasteiger partial charge >= 0.3 is 0 Å². The molecular weight excluding hydrogens is 310 g/mol. The molecule has 6 heteroatoms. The number of amides is 2. The standard InChI is InChI=1S/C17H19N3O2S/c1-11-12(2)23-17(18-11)19-16(22)13-6-8-14(9-7-13)20-10-4-3-5-15(20)21/h6-9H,3-5,10H2,1-2H3,(H,18,19,22). The molecule has 0 spiro atoms. The number of aryl methyl sites for hydroxylation is 2. The lowest BCUT2D eigenvalue weighted by Crippen LogP contribution is -2.35. The van der Waals surface area contributed by atoms with Crippen LogP contribution in [0.3, 0.4) is 0 Å². The second-order valence-corrected chi connectivity index (χ2v) is 6.87. The molecule has 1 saturated heterocycles. The van der Waals surface area contributed by atoms with Crippen molar-refractivity contribution in [3.05, 3.63) is 40.4 Å². The number of hydrogen-bond donors (Lipinski definition) is 1. The smallest absolute Gasteiger partial charge is 0.257 e. The lowest BCUT2D eigenvalue weighted by molar-refractivity contribution is -0.119. The van der Waals surface area contributed by atoms with Gasteiger partial charge in [-0.25, -0.2) is 4.98 Å². The average molecular weight is 329 g/mol. The highest BCUT2D eigenvalue weighted by molar-refractivity contribution is 7.15. The molecule has 1 aliphatic heterocycles. The first kappa shape index (κ1) is 15.7. The van der Waals surface area contributed by atoms with Gasteiger partial charge in [0, 0.05) is 29.1 Å². The van der Waals surface area contributed by atoms with Crippen molar-refractivity contribution in [3.63, 3.8) is 0 Å². The summed E-state index contributed by atoms with van der Waals surface area (Å²) in [5.74, 6) is -0.0301. The number of aromatic nitrogens is 1. The minimum Gasteiger partial charge on any atom is -0.312 e. The van der Waals surface area contributed by atoms with Gasteiger partial charge in [0.25, 0.3) is 5.91 Å². The molecule has 1 aromatic heterocycles. The Morgan fingerprint density at radius 3 is 2.57 bits per heavy atom. The Balaban J connectivity index is 1.71. The summed E-state index contributed by atoms with van der Waals surface area (Å²) in [5, 5.41) is 3.43. The van der Waals surface area contributed by atoms with Crippen LogP contribution in [0.5, 0.6) is 0 Å². The molecule has 2 amide bonds. The summed E-state index contributed by atoms with van der Waals surface area (Å²) in [6, 6.07) is 7.16. The number of thiazole rings is 1. The topological polar surface area (TPSA) is 62.3 Å². The third-order valence-corrected chi connectivity index (χ3v) is 5.00. The molecule has 120 valence electrons. The summed E-state index contributed by atoms with van der Waals surface area (Å²) in [4.78, 5) is 31.4. The van der Waals surface area contributed by atoms with Crippen LogP contribution in [0, 0.1) is 13.8 Å². The molecule has 1 aliphatic rings. The Bertz CT molecular complexity index is 717. The van der Waals surface area contributed by atoms with Gasteiger partial charge in [-0.3, -0.25) is 14.9 Å². The molecule has 2 aromatic rings. The van der Waals surface area contributed by atoms with E-state index >= 15 is 0 Å². The number of nitrogens with zero attached hydrogens (tertiary/aromatic N) is 2. The molecule has 5 nitrogen and oxygen atoms in total. The van der Waals surface area contributed by atoms with Crippen molar-refractivity contribution in [2.75, 3.05) is 16.8 Å². The zero-order valence-corrected chi connectivity index (χ0v) is 14.1. The van der Waals surface area contributed by atoms with Gasteiger partial charge in [0.05, 0.1) is 5.69 Å². The van der Waals surface area contributed by atoms with Gasteiger partial charge in [0.2, 0.25) is 5.91 Å². The van der Waals surface area contributed by atoms with E-state index in [-0.39, 0.29) is 11.8 Å². The fourth-order valence-electron chi connectivity index (χ4n) is 2.57. The predicted octanol–water partition coefficient (Wildman–Crippen LogP) is 3.53. The maximum absolute atomic E-state index is 12.3. The highest BCUT2D eigenvalue weighted by atomic mass is 32.1. The van der Waals surface area contributed by atoms with Crippen LogP contribution >= 0.6 is 11.3 Å². The fraction of sp³-hybridized carbons (Fsp3) is 0.353. The second kappa shape index (κ2) is 6.50. The Hall–Kier alpha value is -2.21. The van der Waals surface area contributed by atoms with Crippen LogP contribution in [0.25, 0.3) is 0 Å². The lowest BCUT2D eigenvalue weighted by Gasteiger charge is -2.26. The predicted molar refractivity (Wildman–Crippen MR) is 92.2 cm³/mol. The summed E-state index contributed by atoms with van der Waals surface area (Å²) < 4.78 is 0. The molecular formula is C17H19N3O2S. The van der Waals surface area contributed by atoms with Gasteiger partial charge in [-0.15, -0.1) is 11.3 Å². The van der Waals surface area contributed by atoms with Crippen LogP contribution in [0.1, 0.15) is 40.2 Å². The number of piperidine rings is 1. The number of anilines is 2. The van der Waals surface area contributed by atoms with E-state index in [0.29, 0.717) is 17.1 Å². The van der Waals surface area contributed by atoms with E-state index in [9.17, 15) is 9.59 Å². The highest BCUT2D eigenvalue weighted by Gasteiger charge is 2.19. The first-order valence-corrected chi connectivity index (χ1v) is 8.52. The Morgan fingerprint density at radius 1 is 1.22 bits per heavy atom. The van der Waals surface area contributed by atoms with E-state index in [0.717, 1.165) is 35.6 Å². The van der Waals surface area contributed by atoms with E-state index in [1.54, 1.807) is 17.0 Å². The largest absolute Gasteiger partial charge is 0.312 e. The van der Waals surface area contributed by atoms with Gasteiger partial charge in [0.15, 0.2) is 5.13 Å². The van der Waals surface area contributed by atoms with Gasteiger partial charge in [0.1, 0.15) is 0 Å². The number of nitrogens with one attached hydrogen (secondary N) is 1. The third-order valence-electron chi connectivity index (χ3n) is 4.01. The summed E-state index contributed by atoms with van der Waals surface area (Å²) in [5.41, 5.74) is 2.35. The van der Waals surface area contributed by atoms with E-state index in [4.69, 9.17) is 0 Å². The summed E-state index contributed by atoms with van der Waals surface area (Å²) in [6.07, 6.45) is 2.59. The SMILES string of the molecule is Cc1nc(NC(=O)c2ccc(N3CCCCC3=O)cc2)sc1C. The molecule has 1 aromatic carbocycles. The van der Waals surface area contributed by atoms with Crippen molar-refractivity contribution in [3.8, 4) is 0 Å². The molecule has 0 bridgehead atoms. The van der Waals surface area contributed by atoms with Crippen LogP contribution in [0.4, 0.5) is 10.8 Å². The van der Waals surface area contributed by atoms with E-state index in [1.165, 1.54) is 11.3 Å². The number of carbonyl (C=O) groups is 2. The molecule has 1 N–H and O–H groups in total. The first-order valence-electron chi connectivity index (χ1n) is 7.70. The Morgan fingerprint density at radius 2 is 1.96 bits per heavy atom. The minimum absolute atomic E-state index is 0.155. The molecule has 3 rings (SSSR count). The van der Waals surface area contributed by atoms with Crippen molar-refractivity contribution in [1.82, 2.24) is 4.98 Å². The number of carbonyl (C=O) groups excluding carboxylic acids is 2. The van der Waals surface area contributed by atoms with E-state index in [2.05, 4.69) is 10.3 Å². The molecule has 0 atom stereocenters. The van der Waals surface area contributed by atoms with Crippen LogP contribution < -0.4 is 10.2 Å². The summed E-state index contributed by atoms with van der Waals surface area (Å²) in [7, 11) is 0. The zero-order chi connectivity index (χ0) is 16.4. The van der Waals surface area contributed by atoms with Crippen molar-refractivity contribution >= 4 is 34.0 Å². The highest BCUT2D eigenvalue weighted by Crippen LogP contribution is 2.23. The minimum atomic E-state index is -0.185. The Kier molecular flexibility index (Phi) is 4.43. The van der Waals surface area contributed by atoms with Gasteiger partial charge in [-0.1, -0.05) is 0 Å². The molecule has 1 fully saturated rings. The fourth-order valence-corrected chi connectivity index (χ4v) is 3.38. The molecule has 0 saturated carbocycles. The molecule has 2 heterocycles. The lowest BCUT2D eigenvalue weighted by atomic mass is 10.1. The summed E-state index contributed by atoms with van der Waals surface area (Å²) >= 11 is 1.47. The van der Waals surface area contributed by atoms with Crippen LogP contribution in [-0.2, 0) is 4.79 Å². The summed E-state index contributed by atoms with van der Waals surface area (Å²) in [6.45, 7) is 4.65. The van der Waals surface area contributed by atoms with Crippen molar-refractivity contribution < 1.29 is 9.59 Å². The van der Waals surface area contributed by atoms with Crippen molar-refractivity contribution in [2.24, 2.45) is 0 Å². The van der Waals surface area contributed by atoms with Crippen LogP contribution in [0.15, 0.2) is 24.3 Å². The first-order chi connectivity index (χ1) is 11.0. The Labute approximate surface area is 139 Å². The average Bonchev–Trinajstić information content (AvgIpc) is 2.86.